The van der Waals surface area contributed by atoms with E-state index in [0.29, 0.717) is 11.1 Å². The number of benzene rings is 1. The minimum atomic E-state index is -1.03. The van der Waals surface area contributed by atoms with E-state index in [2.05, 4.69) is 5.32 Å². The molecule has 1 amide bonds. The fraction of sp³-hybridized carbons (Fsp3) is 0.250. The first-order chi connectivity index (χ1) is 10.0. The number of amides is 1. The zero-order valence-corrected chi connectivity index (χ0v) is 12.0. The number of nitrogens with one attached hydrogen (secondary N) is 1. The summed E-state index contributed by atoms with van der Waals surface area (Å²) in [5, 5.41) is 11.7. The molecule has 0 fully saturated rings. The van der Waals surface area contributed by atoms with Gasteiger partial charge in [0.1, 0.15) is 12.2 Å². The summed E-state index contributed by atoms with van der Waals surface area (Å²) in [4.78, 5) is 23.2. The van der Waals surface area contributed by atoms with Crippen LogP contribution in [-0.4, -0.2) is 17.0 Å². The van der Waals surface area contributed by atoms with Crippen LogP contribution < -0.4 is 5.32 Å². The van der Waals surface area contributed by atoms with Crippen LogP contribution in [0.15, 0.2) is 34.9 Å². The first-order valence-electron chi connectivity index (χ1n) is 6.71. The number of carbonyl (C=O) groups is 2. The third-order valence-corrected chi connectivity index (χ3v) is 3.24. The maximum Gasteiger partial charge on any atom is 0.311 e. The molecule has 2 rings (SSSR count). The average Bonchev–Trinajstić information content (AvgIpc) is 2.79. The summed E-state index contributed by atoms with van der Waals surface area (Å²) in [5.41, 5.74) is 2.67. The molecule has 0 saturated carbocycles. The smallest absolute Gasteiger partial charge is 0.311 e. The van der Waals surface area contributed by atoms with Gasteiger partial charge in [-0.25, -0.2) is 0 Å². The zero-order chi connectivity index (χ0) is 15.4. The second-order valence-corrected chi connectivity index (χ2v) is 4.75. The van der Waals surface area contributed by atoms with Crippen LogP contribution in [-0.2, 0) is 17.6 Å². The van der Waals surface area contributed by atoms with Crippen LogP contribution in [0.5, 0.6) is 0 Å². The van der Waals surface area contributed by atoms with Crippen molar-refractivity contribution in [3.05, 3.63) is 53.0 Å². The lowest BCUT2D eigenvalue weighted by Crippen LogP contribution is -2.16. The van der Waals surface area contributed by atoms with Gasteiger partial charge in [0.15, 0.2) is 0 Å². The molecule has 5 nitrogen and oxygen atoms in total. The molecule has 0 saturated heterocycles. The Labute approximate surface area is 122 Å². The Hall–Kier alpha value is -2.56. The molecule has 0 bridgehead atoms. The number of furan rings is 1. The molecule has 2 aromatic rings. The van der Waals surface area contributed by atoms with Gasteiger partial charge in [0.05, 0.1) is 11.8 Å². The fourth-order valence-corrected chi connectivity index (χ4v) is 2.21. The van der Waals surface area contributed by atoms with Gasteiger partial charge in [-0.05, 0) is 25.0 Å². The number of aliphatic carboxylic acids is 1. The summed E-state index contributed by atoms with van der Waals surface area (Å²) in [6, 6.07) is 7.52. The van der Waals surface area contributed by atoms with Gasteiger partial charge in [0.25, 0.3) is 5.91 Å². The van der Waals surface area contributed by atoms with E-state index in [1.54, 1.807) is 6.92 Å². The van der Waals surface area contributed by atoms with E-state index in [1.807, 2.05) is 31.2 Å². The summed E-state index contributed by atoms with van der Waals surface area (Å²) in [7, 11) is 0. The zero-order valence-electron chi connectivity index (χ0n) is 12.0. The normalized spacial score (nSPS) is 10.4. The molecule has 0 unspecified atom stereocenters. The van der Waals surface area contributed by atoms with Crippen molar-refractivity contribution in [1.82, 2.24) is 0 Å². The number of anilines is 1. The molecule has 1 heterocycles. The Balaban J connectivity index is 2.28. The Morgan fingerprint density at radius 2 is 2.00 bits per heavy atom. The molecule has 0 aliphatic heterocycles. The van der Waals surface area contributed by atoms with Crippen molar-refractivity contribution in [3.63, 3.8) is 0 Å². The number of carboxylic acids is 1. The molecule has 1 aromatic heterocycles. The minimum absolute atomic E-state index is 0.173. The highest BCUT2D eigenvalue weighted by molar-refractivity contribution is 6.06. The van der Waals surface area contributed by atoms with E-state index in [1.165, 1.54) is 6.26 Å². The lowest BCUT2D eigenvalue weighted by atomic mass is 10.1. The van der Waals surface area contributed by atoms with Crippen molar-refractivity contribution < 1.29 is 19.1 Å². The average molecular weight is 287 g/mol. The van der Waals surface area contributed by atoms with E-state index in [4.69, 9.17) is 9.52 Å². The molecule has 110 valence electrons. The molecule has 1 aromatic carbocycles. The monoisotopic (exact) mass is 287 g/mol. The maximum absolute atomic E-state index is 12.4. The van der Waals surface area contributed by atoms with Crippen molar-refractivity contribution in [2.24, 2.45) is 0 Å². The standard InChI is InChI=1S/C16H17NO4/c1-3-11-6-4-5-7-12(11)17-16(20)15-10(2)9-21-13(15)8-14(18)19/h4-7,9H,3,8H2,1-2H3,(H,17,20)(H,18,19). The first kappa shape index (κ1) is 14.8. The first-order valence-corrected chi connectivity index (χ1v) is 6.71. The number of carboxylic acid groups (broad SMARTS) is 1. The highest BCUT2D eigenvalue weighted by Crippen LogP contribution is 2.21. The van der Waals surface area contributed by atoms with Crippen LogP contribution >= 0.6 is 0 Å². The SMILES string of the molecule is CCc1ccccc1NC(=O)c1c(C)coc1CC(=O)O. The third-order valence-electron chi connectivity index (χ3n) is 3.24. The van der Waals surface area contributed by atoms with Crippen LogP contribution in [0.4, 0.5) is 5.69 Å². The predicted molar refractivity (Wildman–Crippen MR) is 78.6 cm³/mol. The molecule has 0 atom stereocenters. The van der Waals surface area contributed by atoms with Crippen LogP contribution in [0, 0.1) is 6.92 Å². The molecule has 0 radical (unpaired) electrons. The highest BCUT2D eigenvalue weighted by Gasteiger charge is 2.21. The topological polar surface area (TPSA) is 79.5 Å². The summed E-state index contributed by atoms with van der Waals surface area (Å²) in [5.74, 6) is -1.21. The molecule has 5 heteroatoms. The van der Waals surface area contributed by atoms with Crippen LogP contribution in [0.2, 0.25) is 0 Å². The van der Waals surface area contributed by atoms with Gasteiger partial charge >= 0.3 is 5.97 Å². The largest absolute Gasteiger partial charge is 0.481 e. The molecule has 0 aliphatic rings. The molecular formula is C16H17NO4. The number of hydrogen-bond acceptors (Lipinski definition) is 3. The number of para-hydroxylation sites is 1. The Morgan fingerprint density at radius 1 is 1.29 bits per heavy atom. The number of carbonyl (C=O) groups excluding carboxylic acids is 1. The van der Waals surface area contributed by atoms with Crippen molar-refractivity contribution in [2.75, 3.05) is 5.32 Å². The minimum Gasteiger partial charge on any atom is -0.481 e. The molecular weight excluding hydrogens is 270 g/mol. The molecule has 2 N–H and O–H groups in total. The van der Waals surface area contributed by atoms with Crippen LogP contribution in [0.3, 0.4) is 0 Å². The number of aryl methyl sites for hydroxylation is 2. The van der Waals surface area contributed by atoms with Crippen molar-refractivity contribution >= 4 is 17.6 Å². The summed E-state index contributed by atoms with van der Waals surface area (Å²) in [6.45, 7) is 3.72. The number of rotatable bonds is 5. The Kier molecular flexibility index (Phi) is 4.42. The van der Waals surface area contributed by atoms with Gasteiger partial charge in [-0.1, -0.05) is 25.1 Å². The van der Waals surface area contributed by atoms with E-state index < -0.39 is 5.97 Å². The Morgan fingerprint density at radius 3 is 2.67 bits per heavy atom. The van der Waals surface area contributed by atoms with E-state index in [-0.39, 0.29) is 18.1 Å². The highest BCUT2D eigenvalue weighted by atomic mass is 16.4. The molecule has 21 heavy (non-hydrogen) atoms. The lowest BCUT2D eigenvalue weighted by molar-refractivity contribution is -0.136. The summed E-state index contributed by atoms with van der Waals surface area (Å²) in [6.07, 6.45) is 1.88. The van der Waals surface area contributed by atoms with Crippen molar-refractivity contribution in [3.8, 4) is 0 Å². The predicted octanol–water partition coefficient (Wildman–Crippen LogP) is 3.03. The molecule has 0 aliphatic carbocycles. The maximum atomic E-state index is 12.4. The Bertz CT molecular complexity index is 673. The van der Waals surface area contributed by atoms with Gasteiger partial charge in [0.2, 0.25) is 0 Å². The number of hydrogen-bond donors (Lipinski definition) is 2. The van der Waals surface area contributed by atoms with E-state index in [0.717, 1.165) is 17.7 Å². The van der Waals surface area contributed by atoms with Crippen molar-refractivity contribution in [2.45, 2.75) is 26.7 Å². The van der Waals surface area contributed by atoms with Gasteiger partial charge in [0, 0.05) is 11.3 Å². The quantitative estimate of drug-likeness (QED) is 0.885. The van der Waals surface area contributed by atoms with Crippen LogP contribution in [0.25, 0.3) is 0 Å². The van der Waals surface area contributed by atoms with Crippen molar-refractivity contribution in [1.29, 1.82) is 0 Å². The lowest BCUT2D eigenvalue weighted by Gasteiger charge is -2.10. The summed E-state index contributed by atoms with van der Waals surface area (Å²) < 4.78 is 5.18. The van der Waals surface area contributed by atoms with Crippen LogP contribution in [0.1, 0.15) is 34.2 Å². The van der Waals surface area contributed by atoms with E-state index in [9.17, 15) is 9.59 Å². The molecule has 0 spiro atoms. The van der Waals surface area contributed by atoms with E-state index >= 15 is 0 Å². The second-order valence-electron chi connectivity index (χ2n) is 4.75. The summed E-state index contributed by atoms with van der Waals surface area (Å²) >= 11 is 0. The van der Waals surface area contributed by atoms with Gasteiger partial charge in [-0.3, -0.25) is 9.59 Å². The third kappa shape index (κ3) is 3.31. The second kappa shape index (κ2) is 6.26. The van der Waals surface area contributed by atoms with Gasteiger partial charge in [-0.15, -0.1) is 0 Å². The van der Waals surface area contributed by atoms with Gasteiger partial charge in [-0.2, -0.15) is 0 Å². The van der Waals surface area contributed by atoms with Gasteiger partial charge < -0.3 is 14.8 Å². The fourth-order valence-electron chi connectivity index (χ4n) is 2.21.